The largest absolute Gasteiger partial charge is 0.300 e. The van der Waals surface area contributed by atoms with E-state index in [0.29, 0.717) is 12.8 Å². The zero-order chi connectivity index (χ0) is 13.3. The van der Waals surface area contributed by atoms with E-state index in [4.69, 9.17) is 0 Å². The molecule has 0 unspecified atom stereocenters. The summed E-state index contributed by atoms with van der Waals surface area (Å²) in [4.78, 5) is 10.7. The molecule has 0 aliphatic heterocycles. The number of sulfonamides is 1. The lowest BCUT2D eigenvalue weighted by Crippen LogP contribution is -2.32. The molecule has 0 aromatic heterocycles. The highest BCUT2D eigenvalue weighted by atomic mass is 32.2. The van der Waals surface area contributed by atoms with E-state index in [9.17, 15) is 13.2 Å². The lowest BCUT2D eigenvalue weighted by Gasteiger charge is -2.08. The van der Waals surface area contributed by atoms with Crippen LogP contribution in [0.5, 0.6) is 0 Å². The first-order valence-electron chi connectivity index (χ1n) is 6.33. The summed E-state index contributed by atoms with van der Waals surface area (Å²) >= 11 is 0. The van der Waals surface area contributed by atoms with Crippen molar-refractivity contribution in [2.75, 3.05) is 5.75 Å². The Labute approximate surface area is 107 Å². The zero-order valence-electron chi connectivity index (χ0n) is 11.2. The normalized spacial score (nSPS) is 12.0. The van der Waals surface area contributed by atoms with Crippen LogP contribution in [0.4, 0.5) is 0 Å². The molecule has 0 aliphatic rings. The zero-order valence-corrected chi connectivity index (χ0v) is 12.0. The van der Waals surface area contributed by atoms with E-state index in [-0.39, 0.29) is 19.0 Å². The SMILES string of the molecule is CC(=O)CCCCCCCS(=O)(=O)NC(C)C.[HH]. The molecule has 0 heterocycles. The molecule has 0 aromatic carbocycles. The predicted octanol–water partition coefficient (Wildman–Crippen LogP) is 2.49. The molecule has 0 atom stereocenters. The Morgan fingerprint density at radius 3 is 2.18 bits per heavy atom. The number of hydrogen-bond donors (Lipinski definition) is 1. The van der Waals surface area contributed by atoms with Crippen molar-refractivity contribution in [3.63, 3.8) is 0 Å². The number of hydrogen-bond acceptors (Lipinski definition) is 3. The number of nitrogens with one attached hydrogen (secondary N) is 1. The van der Waals surface area contributed by atoms with Crippen LogP contribution < -0.4 is 4.72 Å². The number of rotatable bonds is 10. The number of carbonyl (C=O) groups excluding carboxylic acids is 1. The lowest BCUT2D eigenvalue weighted by molar-refractivity contribution is -0.117. The smallest absolute Gasteiger partial charge is 0.211 e. The average molecular weight is 265 g/mol. The van der Waals surface area contributed by atoms with E-state index in [0.717, 1.165) is 25.7 Å². The summed E-state index contributed by atoms with van der Waals surface area (Å²) in [6.07, 6.45) is 5.19. The van der Waals surface area contributed by atoms with Gasteiger partial charge >= 0.3 is 0 Å². The van der Waals surface area contributed by atoms with Crippen LogP contribution in [0.2, 0.25) is 0 Å². The van der Waals surface area contributed by atoms with Crippen LogP contribution in [0.3, 0.4) is 0 Å². The summed E-state index contributed by atoms with van der Waals surface area (Å²) in [5.41, 5.74) is 0. The van der Waals surface area contributed by atoms with Crippen molar-refractivity contribution in [3.8, 4) is 0 Å². The van der Waals surface area contributed by atoms with Crippen molar-refractivity contribution in [3.05, 3.63) is 0 Å². The van der Waals surface area contributed by atoms with Gasteiger partial charge in [-0.1, -0.05) is 19.3 Å². The molecule has 104 valence electrons. The second-order valence-electron chi connectivity index (χ2n) is 4.81. The maximum Gasteiger partial charge on any atom is 0.211 e. The minimum atomic E-state index is -3.09. The van der Waals surface area contributed by atoms with Crippen LogP contribution in [0.15, 0.2) is 0 Å². The molecule has 0 radical (unpaired) electrons. The van der Waals surface area contributed by atoms with Crippen molar-refractivity contribution in [1.82, 2.24) is 4.72 Å². The summed E-state index contributed by atoms with van der Waals surface area (Å²) in [5, 5.41) is 0. The van der Waals surface area contributed by atoms with Crippen LogP contribution in [-0.4, -0.2) is 26.0 Å². The first-order chi connectivity index (χ1) is 7.83. The third kappa shape index (κ3) is 11.8. The van der Waals surface area contributed by atoms with Gasteiger partial charge in [-0.05, 0) is 33.6 Å². The summed E-state index contributed by atoms with van der Waals surface area (Å²) in [5.74, 6) is 0.437. The number of carbonyl (C=O) groups is 1. The van der Waals surface area contributed by atoms with Crippen LogP contribution in [0.1, 0.15) is 60.7 Å². The van der Waals surface area contributed by atoms with E-state index < -0.39 is 10.0 Å². The Morgan fingerprint density at radius 2 is 1.65 bits per heavy atom. The van der Waals surface area contributed by atoms with E-state index in [2.05, 4.69) is 4.72 Å². The van der Waals surface area contributed by atoms with Gasteiger partial charge < -0.3 is 4.79 Å². The van der Waals surface area contributed by atoms with Gasteiger partial charge in [0.25, 0.3) is 0 Å². The Balaban J connectivity index is 0. The van der Waals surface area contributed by atoms with Crippen molar-refractivity contribution < 1.29 is 14.6 Å². The standard InChI is InChI=1S/C12H25NO3S.H2/c1-11(2)13-17(15,16)10-8-6-4-5-7-9-12(3)14;/h11,13H,4-10H2,1-3H3;1H. The molecule has 17 heavy (non-hydrogen) atoms. The molecule has 0 aromatic rings. The second kappa shape index (κ2) is 8.64. The first-order valence-corrected chi connectivity index (χ1v) is 7.98. The fraction of sp³-hybridized carbons (Fsp3) is 0.917. The molecular formula is C12H27NO3S. The van der Waals surface area contributed by atoms with Gasteiger partial charge in [0.15, 0.2) is 0 Å². The van der Waals surface area contributed by atoms with Gasteiger partial charge in [-0.15, -0.1) is 0 Å². The molecule has 0 rings (SSSR count). The Bertz CT molecular complexity index is 315. The quantitative estimate of drug-likeness (QED) is 0.617. The summed E-state index contributed by atoms with van der Waals surface area (Å²) in [6, 6.07) is -0.0319. The van der Waals surface area contributed by atoms with Gasteiger partial charge in [0, 0.05) is 13.9 Å². The van der Waals surface area contributed by atoms with E-state index >= 15 is 0 Å². The molecule has 0 amide bonds. The summed E-state index contributed by atoms with van der Waals surface area (Å²) in [7, 11) is -3.09. The highest BCUT2D eigenvalue weighted by Gasteiger charge is 2.10. The van der Waals surface area contributed by atoms with Gasteiger partial charge in [-0.2, -0.15) is 0 Å². The fourth-order valence-corrected chi connectivity index (χ4v) is 3.03. The molecule has 0 saturated heterocycles. The molecule has 0 spiro atoms. The molecule has 0 bridgehead atoms. The van der Waals surface area contributed by atoms with E-state index in [1.807, 2.05) is 13.8 Å². The second-order valence-corrected chi connectivity index (χ2v) is 6.68. The van der Waals surface area contributed by atoms with Gasteiger partial charge in [0.1, 0.15) is 5.78 Å². The average Bonchev–Trinajstić information content (AvgIpc) is 2.13. The maximum atomic E-state index is 11.5. The van der Waals surface area contributed by atoms with Gasteiger partial charge in [-0.25, -0.2) is 13.1 Å². The third-order valence-corrected chi connectivity index (χ3v) is 4.01. The monoisotopic (exact) mass is 265 g/mol. The lowest BCUT2D eigenvalue weighted by atomic mass is 10.1. The van der Waals surface area contributed by atoms with Gasteiger partial charge in [-0.3, -0.25) is 0 Å². The van der Waals surface area contributed by atoms with E-state index in [1.165, 1.54) is 0 Å². The Hall–Kier alpha value is -0.420. The van der Waals surface area contributed by atoms with Crippen molar-refractivity contribution >= 4 is 15.8 Å². The Morgan fingerprint density at radius 1 is 1.12 bits per heavy atom. The molecule has 0 saturated carbocycles. The minimum absolute atomic E-state index is 0. The summed E-state index contributed by atoms with van der Waals surface area (Å²) < 4.78 is 25.5. The fourth-order valence-electron chi connectivity index (χ4n) is 1.61. The molecular weight excluding hydrogens is 238 g/mol. The molecule has 5 heteroatoms. The predicted molar refractivity (Wildman–Crippen MR) is 72.6 cm³/mol. The van der Waals surface area contributed by atoms with Crippen molar-refractivity contribution in [2.45, 2.75) is 65.3 Å². The van der Waals surface area contributed by atoms with Gasteiger partial charge in [0.2, 0.25) is 10.0 Å². The molecule has 4 nitrogen and oxygen atoms in total. The first kappa shape index (κ1) is 16.6. The van der Waals surface area contributed by atoms with Gasteiger partial charge in [0.05, 0.1) is 5.75 Å². The number of unbranched alkanes of at least 4 members (excludes halogenated alkanes) is 4. The number of Topliss-reactive ketones (excluding diaryl/α,β-unsaturated/α-hetero) is 1. The topological polar surface area (TPSA) is 63.2 Å². The van der Waals surface area contributed by atoms with Crippen LogP contribution in [0, 0.1) is 0 Å². The van der Waals surface area contributed by atoms with Crippen LogP contribution in [0.25, 0.3) is 0 Å². The van der Waals surface area contributed by atoms with Crippen LogP contribution >= 0.6 is 0 Å². The minimum Gasteiger partial charge on any atom is -0.300 e. The highest BCUT2D eigenvalue weighted by molar-refractivity contribution is 7.89. The van der Waals surface area contributed by atoms with Crippen LogP contribution in [-0.2, 0) is 14.8 Å². The molecule has 1 N–H and O–H groups in total. The summed E-state index contributed by atoms with van der Waals surface area (Å²) in [6.45, 7) is 5.24. The number of ketones is 1. The molecule has 0 aliphatic carbocycles. The third-order valence-electron chi connectivity index (χ3n) is 2.36. The highest BCUT2D eigenvalue weighted by Crippen LogP contribution is 2.06. The maximum absolute atomic E-state index is 11.5. The van der Waals surface area contributed by atoms with Crippen molar-refractivity contribution in [1.29, 1.82) is 0 Å². The molecule has 0 fully saturated rings. The Kier molecular flexibility index (Phi) is 8.43. The van der Waals surface area contributed by atoms with E-state index in [1.54, 1.807) is 6.92 Å². The van der Waals surface area contributed by atoms with Crippen molar-refractivity contribution in [2.24, 2.45) is 0 Å².